The Morgan fingerprint density at radius 2 is 0.944 bits per heavy atom. The van der Waals surface area contributed by atoms with Gasteiger partial charge in [-0.25, -0.2) is 9.97 Å². The Balaban J connectivity index is 1.17. The van der Waals surface area contributed by atoms with Gasteiger partial charge in [0.05, 0.1) is 39.1 Å². The molecule has 250 valence electrons. The van der Waals surface area contributed by atoms with Crippen molar-refractivity contribution in [1.82, 2.24) is 14.5 Å². The van der Waals surface area contributed by atoms with Gasteiger partial charge in [-0.1, -0.05) is 133 Å². The number of nitrogens with zero attached hydrogens (tertiary/aromatic N) is 4. The van der Waals surface area contributed by atoms with Crippen molar-refractivity contribution in [3.05, 3.63) is 182 Å². The fourth-order valence-corrected chi connectivity index (χ4v) is 9.00. The second-order valence-corrected chi connectivity index (χ2v) is 14.1. The van der Waals surface area contributed by atoms with Crippen LogP contribution in [0.4, 0.5) is 17.1 Å². The quantitative estimate of drug-likeness (QED) is 0.185. The van der Waals surface area contributed by atoms with E-state index in [1.54, 1.807) is 0 Å². The molecule has 12 rings (SSSR count). The zero-order valence-electron chi connectivity index (χ0n) is 29.1. The molecule has 1 aliphatic rings. The Hall–Kier alpha value is -7.30. The zero-order chi connectivity index (χ0) is 35.3. The largest absolute Gasteiger partial charge is 0.309 e. The van der Waals surface area contributed by atoms with Gasteiger partial charge in [-0.15, -0.1) is 0 Å². The Morgan fingerprint density at radius 3 is 1.72 bits per heavy atom. The molecule has 0 fully saturated rings. The molecule has 4 nitrogen and oxygen atoms in total. The summed E-state index contributed by atoms with van der Waals surface area (Å²) < 4.78 is 2.30. The smallest absolute Gasteiger partial charge is 0.165 e. The van der Waals surface area contributed by atoms with Crippen LogP contribution in [-0.4, -0.2) is 14.5 Å². The Kier molecular flexibility index (Phi) is 6.02. The van der Waals surface area contributed by atoms with Crippen LogP contribution in [0.3, 0.4) is 0 Å². The van der Waals surface area contributed by atoms with Crippen molar-refractivity contribution >= 4 is 82.2 Å². The molecule has 0 N–H and O–H groups in total. The lowest BCUT2D eigenvalue weighted by Gasteiger charge is -2.35. The molecule has 0 radical (unpaired) electrons. The maximum absolute atomic E-state index is 5.44. The number of rotatable bonds is 3. The fourth-order valence-electron chi connectivity index (χ4n) is 9.00. The van der Waals surface area contributed by atoms with Crippen molar-refractivity contribution in [3.8, 4) is 28.2 Å². The molecule has 0 bridgehead atoms. The van der Waals surface area contributed by atoms with E-state index in [0.717, 1.165) is 55.6 Å². The van der Waals surface area contributed by atoms with E-state index in [9.17, 15) is 0 Å². The van der Waals surface area contributed by atoms with E-state index < -0.39 is 0 Å². The molecule has 4 heteroatoms. The summed E-state index contributed by atoms with van der Waals surface area (Å²) in [5.74, 6) is 0.817. The molecular formula is C50H30N4. The molecule has 11 aromatic rings. The SMILES string of the molecule is c1ccc2c3c(ccc2c1)N(c1ccc(-c2nc4ccccc4nc2-n2c4ccccc4c4ccccc42)c2ccccc12)c1cccc2cccc-3c12. The first-order valence-electron chi connectivity index (χ1n) is 18.4. The fraction of sp³-hybridized carbons (Fsp3) is 0. The highest BCUT2D eigenvalue weighted by Gasteiger charge is 2.29. The van der Waals surface area contributed by atoms with Crippen molar-refractivity contribution in [1.29, 1.82) is 0 Å². The lowest BCUT2D eigenvalue weighted by molar-refractivity contribution is 1.08. The molecule has 0 unspecified atom stereocenters. The number of fused-ring (bicyclic) bond motifs is 9. The second kappa shape index (κ2) is 11.1. The average molecular weight is 687 g/mol. The normalized spacial score (nSPS) is 12.4. The molecule has 0 amide bonds. The summed E-state index contributed by atoms with van der Waals surface area (Å²) in [5, 5.41) is 9.65. The highest BCUT2D eigenvalue weighted by molar-refractivity contribution is 6.21. The molecule has 0 aliphatic carbocycles. The van der Waals surface area contributed by atoms with Gasteiger partial charge in [-0.3, -0.25) is 4.57 Å². The molecule has 1 aliphatic heterocycles. The second-order valence-electron chi connectivity index (χ2n) is 14.1. The minimum atomic E-state index is 0.817. The van der Waals surface area contributed by atoms with E-state index in [2.05, 4.69) is 179 Å². The Morgan fingerprint density at radius 1 is 0.352 bits per heavy atom. The summed E-state index contributed by atoms with van der Waals surface area (Å²) in [6.45, 7) is 0. The topological polar surface area (TPSA) is 34.0 Å². The maximum Gasteiger partial charge on any atom is 0.165 e. The molecule has 0 atom stereocenters. The predicted octanol–water partition coefficient (Wildman–Crippen LogP) is 13.3. The number of anilines is 3. The van der Waals surface area contributed by atoms with Crippen LogP contribution in [0.1, 0.15) is 0 Å². The number of benzene rings is 9. The Labute approximate surface area is 310 Å². The highest BCUT2D eigenvalue weighted by Crippen LogP contribution is 2.54. The van der Waals surface area contributed by atoms with Gasteiger partial charge < -0.3 is 4.90 Å². The van der Waals surface area contributed by atoms with Crippen LogP contribution in [0, 0.1) is 0 Å². The van der Waals surface area contributed by atoms with Crippen LogP contribution in [0.5, 0.6) is 0 Å². The third kappa shape index (κ3) is 4.02. The summed E-state index contributed by atoms with van der Waals surface area (Å²) in [7, 11) is 0. The summed E-state index contributed by atoms with van der Waals surface area (Å²) in [6, 6.07) is 65.4. The van der Waals surface area contributed by atoms with Crippen molar-refractivity contribution in [2.75, 3.05) is 4.90 Å². The lowest BCUT2D eigenvalue weighted by Crippen LogP contribution is -2.15. The summed E-state index contributed by atoms with van der Waals surface area (Å²) in [5.41, 5.74) is 11.8. The van der Waals surface area contributed by atoms with Crippen LogP contribution < -0.4 is 4.90 Å². The number of para-hydroxylation sites is 4. The van der Waals surface area contributed by atoms with Gasteiger partial charge in [-0.05, 0) is 75.6 Å². The van der Waals surface area contributed by atoms with Crippen molar-refractivity contribution < 1.29 is 0 Å². The van der Waals surface area contributed by atoms with Crippen molar-refractivity contribution in [2.45, 2.75) is 0 Å². The van der Waals surface area contributed by atoms with Crippen molar-refractivity contribution in [2.24, 2.45) is 0 Å². The number of aromatic nitrogens is 3. The lowest BCUT2D eigenvalue weighted by atomic mass is 9.87. The molecule has 0 saturated carbocycles. The van der Waals surface area contributed by atoms with Crippen LogP contribution >= 0.6 is 0 Å². The van der Waals surface area contributed by atoms with E-state index in [0.29, 0.717) is 0 Å². The minimum Gasteiger partial charge on any atom is -0.309 e. The van der Waals surface area contributed by atoms with Gasteiger partial charge in [0.2, 0.25) is 0 Å². The Bertz CT molecular complexity index is 3300. The molecule has 2 aromatic heterocycles. The monoisotopic (exact) mass is 686 g/mol. The van der Waals surface area contributed by atoms with Gasteiger partial charge in [-0.2, -0.15) is 0 Å². The first-order chi connectivity index (χ1) is 26.8. The maximum atomic E-state index is 5.44. The molecule has 54 heavy (non-hydrogen) atoms. The first-order valence-corrected chi connectivity index (χ1v) is 18.4. The van der Waals surface area contributed by atoms with E-state index in [4.69, 9.17) is 9.97 Å². The average Bonchev–Trinajstić information content (AvgIpc) is 3.57. The highest BCUT2D eigenvalue weighted by atomic mass is 15.2. The van der Waals surface area contributed by atoms with E-state index in [-0.39, 0.29) is 0 Å². The molecular weight excluding hydrogens is 657 g/mol. The van der Waals surface area contributed by atoms with Gasteiger partial charge in [0, 0.05) is 32.7 Å². The van der Waals surface area contributed by atoms with Gasteiger partial charge in [0.15, 0.2) is 5.82 Å². The summed E-state index contributed by atoms with van der Waals surface area (Å²) in [6.07, 6.45) is 0. The van der Waals surface area contributed by atoms with Gasteiger partial charge in [0.1, 0.15) is 5.69 Å². The van der Waals surface area contributed by atoms with Crippen LogP contribution in [-0.2, 0) is 0 Å². The zero-order valence-corrected chi connectivity index (χ0v) is 29.1. The summed E-state index contributed by atoms with van der Waals surface area (Å²) in [4.78, 5) is 13.3. The van der Waals surface area contributed by atoms with E-state index >= 15 is 0 Å². The van der Waals surface area contributed by atoms with Crippen LogP contribution in [0.15, 0.2) is 182 Å². The van der Waals surface area contributed by atoms with E-state index in [1.165, 1.54) is 54.8 Å². The first kappa shape index (κ1) is 29.3. The third-order valence-electron chi connectivity index (χ3n) is 11.3. The molecule has 0 saturated heterocycles. The summed E-state index contributed by atoms with van der Waals surface area (Å²) >= 11 is 0. The molecule has 3 heterocycles. The number of hydrogen-bond acceptors (Lipinski definition) is 3. The molecule has 9 aromatic carbocycles. The minimum absolute atomic E-state index is 0.817. The van der Waals surface area contributed by atoms with Gasteiger partial charge in [0.25, 0.3) is 0 Å². The van der Waals surface area contributed by atoms with Crippen LogP contribution in [0.2, 0.25) is 0 Å². The number of hydrogen-bond donors (Lipinski definition) is 0. The third-order valence-corrected chi connectivity index (χ3v) is 11.3. The van der Waals surface area contributed by atoms with Crippen LogP contribution in [0.25, 0.3) is 93.4 Å². The molecule has 0 spiro atoms. The van der Waals surface area contributed by atoms with E-state index in [1.807, 2.05) is 12.1 Å². The predicted molar refractivity (Wildman–Crippen MR) is 226 cm³/mol. The standard InChI is InChI=1S/C50H30N4/c1-2-16-33-31(13-1)27-29-46-48(33)39-21-11-14-32-15-12-26-45(47(32)39)53(46)44-30-28-38(34-17-3-4-18-35(34)44)49-50(52-41-23-8-7-22-40(41)51-49)54-42-24-9-5-19-36(42)37-20-6-10-25-43(37)54/h1-30H. The van der Waals surface area contributed by atoms with Gasteiger partial charge >= 0.3 is 0 Å². The van der Waals surface area contributed by atoms with Crippen molar-refractivity contribution in [3.63, 3.8) is 0 Å².